The van der Waals surface area contributed by atoms with Crippen molar-refractivity contribution < 1.29 is 13.2 Å². The molecule has 0 saturated carbocycles. The normalized spacial score (nSPS) is 20.0. The number of sulfonamides is 1. The molecule has 0 bridgehead atoms. The van der Waals surface area contributed by atoms with Crippen molar-refractivity contribution in [2.24, 2.45) is 0 Å². The monoisotopic (exact) mass is 441 g/mol. The van der Waals surface area contributed by atoms with E-state index in [1.165, 1.54) is 17.1 Å². The molecule has 2 aromatic rings. The van der Waals surface area contributed by atoms with Crippen molar-refractivity contribution in [1.82, 2.24) is 9.62 Å². The molecule has 7 heteroatoms. The van der Waals surface area contributed by atoms with Gasteiger partial charge in [0.2, 0.25) is 15.9 Å². The number of rotatable bonds is 7. The van der Waals surface area contributed by atoms with Gasteiger partial charge in [0.15, 0.2) is 0 Å². The van der Waals surface area contributed by atoms with Crippen molar-refractivity contribution in [3.63, 3.8) is 0 Å². The van der Waals surface area contributed by atoms with E-state index in [1.54, 1.807) is 12.1 Å². The Labute approximate surface area is 185 Å². The lowest BCUT2D eigenvalue weighted by atomic mass is 10.1. The highest BCUT2D eigenvalue weighted by Gasteiger charge is 2.31. The van der Waals surface area contributed by atoms with Crippen LogP contribution in [0.4, 0.5) is 5.69 Å². The van der Waals surface area contributed by atoms with Crippen LogP contribution in [0.15, 0.2) is 59.5 Å². The van der Waals surface area contributed by atoms with Crippen LogP contribution in [0.25, 0.3) is 0 Å². The van der Waals surface area contributed by atoms with E-state index in [4.69, 9.17) is 0 Å². The molecular formula is C24H31N3O3S. The zero-order chi connectivity index (χ0) is 21.7. The average molecular weight is 442 g/mol. The van der Waals surface area contributed by atoms with E-state index in [0.29, 0.717) is 30.8 Å². The van der Waals surface area contributed by atoms with E-state index in [9.17, 15) is 13.2 Å². The van der Waals surface area contributed by atoms with Gasteiger partial charge in [0.1, 0.15) is 0 Å². The molecule has 1 N–H and O–H groups in total. The van der Waals surface area contributed by atoms with Crippen molar-refractivity contribution in [3.05, 3.63) is 60.2 Å². The number of carbonyl (C=O) groups excluding carboxylic acids is 1. The summed E-state index contributed by atoms with van der Waals surface area (Å²) in [5.74, 6) is -0.0249. The molecule has 0 aliphatic carbocycles. The van der Waals surface area contributed by atoms with Crippen molar-refractivity contribution >= 4 is 21.6 Å². The molecule has 166 valence electrons. The van der Waals surface area contributed by atoms with E-state index < -0.39 is 10.0 Å². The third kappa shape index (κ3) is 5.46. The van der Waals surface area contributed by atoms with Gasteiger partial charge in [-0.25, -0.2) is 8.42 Å². The highest BCUT2D eigenvalue weighted by Crippen LogP contribution is 2.25. The first-order chi connectivity index (χ1) is 15.0. The summed E-state index contributed by atoms with van der Waals surface area (Å²) in [7, 11) is -3.56. The minimum Gasteiger partial charge on any atom is -0.372 e. The summed E-state index contributed by atoms with van der Waals surface area (Å²) >= 11 is 0. The number of nitrogens with one attached hydrogen (secondary N) is 1. The number of benzene rings is 2. The maximum atomic E-state index is 13.2. The summed E-state index contributed by atoms with van der Waals surface area (Å²) in [6.07, 6.45) is 5.01. The zero-order valence-corrected chi connectivity index (χ0v) is 18.7. The molecule has 2 saturated heterocycles. The summed E-state index contributed by atoms with van der Waals surface area (Å²) in [6.45, 7) is 2.88. The number of nitrogens with zero attached hydrogens (tertiary/aromatic N) is 2. The fraction of sp³-hybridized carbons (Fsp3) is 0.458. The van der Waals surface area contributed by atoms with Gasteiger partial charge in [-0.05, 0) is 61.9 Å². The van der Waals surface area contributed by atoms with Crippen LogP contribution in [0.5, 0.6) is 0 Å². The van der Waals surface area contributed by atoms with Gasteiger partial charge in [-0.1, -0.05) is 30.3 Å². The van der Waals surface area contributed by atoms with Crippen molar-refractivity contribution in [3.8, 4) is 0 Å². The number of piperidine rings is 1. The SMILES string of the molecule is O=C(CCc1ccccc1)NC1CCCN(S(=O)(=O)c2ccc(N3CCCC3)cc2)C1. The van der Waals surface area contributed by atoms with Crippen LogP contribution in [0, 0.1) is 0 Å². The Morgan fingerprint density at radius 1 is 0.935 bits per heavy atom. The molecule has 2 aliphatic rings. The molecule has 2 heterocycles. The quantitative estimate of drug-likeness (QED) is 0.717. The first-order valence-corrected chi connectivity index (χ1v) is 12.6. The third-order valence-electron chi connectivity index (χ3n) is 6.18. The number of hydrogen-bond acceptors (Lipinski definition) is 4. The molecule has 2 aliphatic heterocycles. The van der Waals surface area contributed by atoms with E-state index in [1.807, 2.05) is 42.5 Å². The van der Waals surface area contributed by atoms with Crippen LogP contribution in [0.2, 0.25) is 0 Å². The van der Waals surface area contributed by atoms with Crippen molar-refractivity contribution in [2.45, 2.75) is 49.5 Å². The highest BCUT2D eigenvalue weighted by molar-refractivity contribution is 7.89. The van der Waals surface area contributed by atoms with Crippen LogP contribution >= 0.6 is 0 Å². The molecule has 4 rings (SSSR count). The molecule has 2 fully saturated rings. The number of aryl methyl sites for hydroxylation is 1. The number of anilines is 1. The Hall–Kier alpha value is -2.38. The van der Waals surface area contributed by atoms with Gasteiger partial charge in [-0.15, -0.1) is 0 Å². The lowest BCUT2D eigenvalue weighted by Gasteiger charge is -2.32. The minimum absolute atomic E-state index is 0.0249. The summed E-state index contributed by atoms with van der Waals surface area (Å²) in [4.78, 5) is 15.0. The minimum atomic E-state index is -3.56. The third-order valence-corrected chi connectivity index (χ3v) is 8.06. The van der Waals surface area contributed by atoms with Gasteiger partial charge in [-0.2, -0.15) is 4.31 Å². The molecular weight excluding hydrogens is 410 g/mol. The topological polar surface area (TPSA) is 69.7 Å². The Kier molecular flexibility index (Phi) is 6.92. The van der Waals surface area contributed by atoms with E-state index in [-0.39, 0.29) is 11.9 Å². The summed E-state index contributed by atoms with van der Waals surface area (Å²) in [5, 5.41) is 3.04. The fourth-order valence-corrected chi connectivity index (χ4v) is 5.96. The number of amides is 1. The Bertz CT molecular complexity index is 971. The molecule has 1 amide bonds. The van der Waals surface area contributed by atoms with Gasteiger partial charge in [-0.3, -0.25) is 4.79 Å². The first kappa shape index (κ1) is 21.8. The highest BCUT2D eigenvalue weighted by atomic mass is 32.2. The Morgan fingerprint density at radius 2 is 1.65 bits per heavy atom. The predicted molar refractivity (Wildman–Crippen MR) is 123 cm³/mol. The Morgan fingerprint density at radius 3 is 2.35 bits per heavy atom. The molecule has 1 unspecified atom stereocenters. The van der Waals surface area contributed by atoms with Gasteiger partial charge in [0, 0.05) is 44.3 Å². The van der Waals surface area contributed by atoms with Crippen molar-refractivity contribution in [1.29, 1.82) is 0 Å². The van der Waals surface area contributed by atoms with Crippen LogP contribution < -0.4 is 10.2 Å². The molecule has 31 heavy (non-hydrogen) atoms. The standard InChI is InChI=1S/C24H31N3O3S/c28-24(15-10-20-7-2-1-3-8-20)25-21-9-6-18-27(19-21)31(29,30)23-13-11-22(12-14-23)26-16-4-5-17-26/h1-3,7-8,11-14,21H,4-6,9-10,15-19H2,(H,25,28). The predicted octanol–water partition coefficient (Wildman–Crippen LogP) is 3.19. The molecule has 0 spiro atoms. The number of hydrogen-bond donors (Lipinski definition) is 1. The van der Waals surface area contributed by atoms with E-state index in [2.05, 4.69) is 10.2 Å². The van der Waals surface area contributed by atoms with Crippen LogP contribution in [-0.2, 0) is 21.2 Å². The second-order valence-electron chi connectivity index (χ2n) is 8.44. The molecule has 0 aromatic heterocycles. The number of carbonyl (C=O) groups is 1. The summed E-state index contributed by atoms with van der Waals surface area (Å²) in [6, 6.07) is 17.0. The lowest BCUT2D eigenvalue weighted by molar-refractivity contribution is -0.122. The molecule has 6 nitrogen and oxygen atoms in total. The molecule has 1 atom stereocenters. The molecule has 0 radical (unpaired) electrons. The Balaban J connectivity index is 1.34. The van der Waals surface area contributed by atoms with E-state index >= 15 is 0 Å². The van der Waals surface area contributed by atoms with Gasteiger partial charge >= 0.3 is 0 Å². The van der Waals surface area contributed by atoms with Crippen LogP contribution in [0.1, 0.15) is 37.7 Å². The lowest BCUT2D eigenvalue weighted by Crippen LogP contribution is -2.49. The van der Waals surface area contributed by atoms with E-state index in [0.717, 1.165) is 37.2 Å². The smallest absolute Gasteiger partial charge is 0.243 e. The summed E-state index contributed by atoms with van der Waals surface area (Å²) in [5.41, 5.74) is 2.21. The second kappa shape index (κ2) is 9.83. The summed E-state index contributed by atoms with van der Waals surface area (Å²) < 4.78 is 27.8. The zero-order valence-electron chi connectivity index (χ0n) is 17.9. The molecule has 2 aromatic carbocycles. The fourth-order valence-electron chi connectivity index (χ4n) is 4.43. The maximum Gasteiger partial charge on any atom is 0.243 e. The first-order valence-electron chi connectivity index (χ1n) is 11.2. The van der Waals surface area contributed by atoms with Gasteiger partial charge in [0.05, 0.1) is 4.90 Å². The van der Waals surface area contributed by atoms with Gasteiger partial charge in [0.25, 0.3) is 0 Å². The largest absolute Gasteiger partial charge is 0.372 e. The maximum absolute atomic E-state index is 13.2. The van der Waals surface area contributed by atoms with Crippen LogP contribution in [0.3, 0.4) is 0 Å². The van der Waals surface area contributed by atoms with Crippen LogP contribution in [-0.4, -0.2) is 50.9 Å². The average Bonchev–Trinajstić information content (AvgIpc) is 3.34. The van der Waals surface area contributed by atoms with Gasteiger partial charge < -0.3 is 10.2 Å². The second-order valence-corrected chi connectivity index (χ2v) is 10.4. The van der Waals surface area contributed by atoms with Crippen molar-refractivity contribution in [2.75, 3.05) is 31.1 Å².